The summed E-state index contributed by atoms with van der Waals surface area (Å²) in [6, 6.07) is 9.25. The summed E-state index contributed by atoms with van der Waals surface area (Å²) >= 11 is 6.21. The first-order valence-electron chi connectivity index (χ1n) is 7.10. The number of hydrogen-bond donors (Lipinski definition) is 2. The summed E-state index contributed by atoms with van der Waals surface area (Å²) in [4.78, 5) is 4.35. The van der Waals surface area contributed by atoms with Crippen LogP contribution in [-0.4, -0.2) is 23.3 Å². The van der Waals surface area contributed by atoms with Crippen molar-refractivity contribution in [1.82, 2.24) is 4.98 Å². The number of nitrogens with zero attached hydrogens (tertiary/aromatic N) is 1. The van der Waals surface area contributed by atoms with Crippen LogP contribution in [0.2, 0.25) is 5.02 Å². The van der Waals surface area contributed by atoms with Gasteiger partial charge in [-0.2, -0.15) is 0 Å². The quantitative estimate of drug-likeness (QED) is 0.906. The van der Waals surface area contributed by atoms with Crippen LogP contribution < -0.4 is 14.8 Å². The van der Waals surface area contributed by atoms with Crippen LogP contribution in [0.4, 0.5) is 5.82 Å². The number of benzene rings is 1. The van der Waals surface area contributed by atoms with Gasteiger partial charge in [0.25, 0.3) is 0 Å². The van der Waals surface area contributed by atoms with Gasteiger partial charge in [0.1, 0.15) is 19.0 Å². The molecule has 2 N–H and O–H groups in total. The van der Waals surface area contributed by atoms with Crippen LogP contribution in [0.3, 0.4) is 0 Å². The number of ether oxygens (including phenoxy) is 2. The zero-order chi connectivity index (χ0) is 15.5. The predicted octanol–water partition coefficient (Wildman–Crippen LogP) is 3.17. The minimum absolute atomic E-state index is 0.514. The number of pyridine rings is 1. The molecule has 0 amide bonds. The third-order valence-corrected chi connectivity index (χ3v) is 3.61. The third-order valence-electron chi connectivity index (χ3n) is 3.33. The van der Waals surface area contributed by atoms with Crippen LogP contribution in [0.25, 0.3) is 0 Å². The summed E-state index contributed by atoms with van der Waals surface area (Å²) in [6.07, 6.45) is -0.592. The molecular weight excluding hydrogens is 304 g/mol. The number of aromatic nitrogens is 1. The number of nitrogens with one attached hydrogen (secondary N) is 1. The molecule has 1 unspecified atom stereocenters. The van der Waals surface area contributed by atoms with Gasteiger partial charge < -0.3 is 19.9 Å². The van der Waals surface area contributed by atoms with Crippen LogP contribution in [0.1, 0.15) is 24.3 Å². The first-order valence-corrected chi connectivity index (χ1v) is 7.48. The summed E-state index contributed by atoms with van der Waals surface area (Å²) in [6.45, 7) is 3.28. The molecule has 1 aliphatic heterocycles. The maximum Gasteiger partial charge on any atom is 0.179 e. The van der Waals surface area contributed by atoms with E-state index in [1.165, 1.54) is 0 Å². The SMILES string of the molecule is CC(O)c1cccc(NCc2cc(Cl)c3c(c2)OCCO3)n1. The Kier molecular flexibility index (Phi) is 4.36. The molecule has 1 aromatic heterocycles. The lowest BCUT2D eigenvalue weighted by molar-refractivity contribution is 0.171. The Labute approximate surface area is 133 Å². The van der Waals surface area contributed by atoms with E-state index in [1.54, 1.807) is 13.0 Å². The van der Waals surface area contributed by atoms with Crippen molar-refractivity contribution in [2.45, 2.75) is 19.6 Å². The fraction of sp³-hybridized carbons (Fsp3) is 0.312. The molecule has 1 aromatic carbocycles. The number of fused-ring (bicyclic) bond motifs is 1. The van der Waals surface area contributed by atoms with E-state index >= 15 is 0 Å². The van der Waals surface area contributed by atoms with Crippen molar-refractivity contribution in [2.75, 3.05) is 18.5 Å². The summed E-state index contributed by atoms with van der Waals surface area (Å²) in [5, 5.41) is 13.3. The van der Waals surface area contributed by atoms with Crippen LogP contribution in [0.5, 0.6) is 11.5 Å². The summed E-state index contributed by atoms with van der Waals surface area (Å²) < 4.78 is 11.1. The van der Waals surface area contributed by atoms with Crippen molar-refractivity contribution < 1.29 is 14.6 Å². The zero-order valence-electron chi connectivity index (χ0n) is 12.2. The van der Waals surface area contributed by atoms with E-state index in [1.807, 2.05) is 24.3 Å². The van der Waals surface area contributed by atoms with Gasteiger partial charge in [-0.3, -0.25) is 0 Å². The zero-order valence-corrected chi connectivity index (χ0v) is 12.9. The van der Waals surface area contributed by atoms with E-state index < -0.39 is 6.10 Å². The molecule has 0 radical (unpaired) electrons. The van der Waals surface area contributed by atoms with Gasteiger partial charge >= 0.3 is 0 Å². The number of hydrogen-bond acceptors (Lipinski definition) is 5. The van der Waals surface area contributed by atoms with Crippen molar-refractivity contribution in [3.05, 3.63) is 46.6 Å². The second-order valence-corrected chi connectivity index (χ2v) is 5.49. The minimum atomic E-state index is -0.592. The lowest BCUT2D eigenvalue weighted by Crippen LogP contribution is -2.16. The molecule has 6 heteroatoms. The number of rotatable bonds is 4. The Morgan fingerprint density at radius 1 is 1.32 bits per heavy atom. The molecule has 1 aliphatic rings. The minimum Gasteiger partial charge on any atom is -0.486 e. The molecule has 22 heavy (non-hydrogen) atoms. The monoisotopic (exact) mass is 320 g/mol. The average Bonchev–Trinajstić information content (AvgIpc) is 2.53. The largest absolute Gasteiger partial charge is 0.486 e. The standard InChI is InChI=1S/C16H17ClN2O3/c1-10(20)13-3-2-4-15(19-13)18-9-11-7-12(17)16-14(8-11)21-5-6-22-16/h2-4,7-8,10,20H,5-6,9H2,1H3,(H,18,19). The Morgan fingerprint density at radius 2 is 2.14 bits per heavy atom. The van der Waals surface area contributed by atoms with Gasteiger partial charge in [-0.05, 0) is 36.8 Å². The average molecular weight is 321 g/mol. The van der Waals surface area contributed by atoms with E-state index in [-0.39, 0.29) is 0 Å². The van der Waals surface area contributed by atoms with Crippen LogP contribution in [0, 0.1) is 0 Å². The maximum absolute atomic E-state index is 9.56. The molecule has 0 spiro atoms. The molecule has 0 saturated carbocycles. The highest BCUT2D eigenvalue weighted by Gasteiger charge is 2.16. The number of anilines is 1. The summed E-state index contributed by atoms with van der Waals surface area (Å²) in [5.74, 6) is 1.97. The lowest BCUT2D eigenvalue weighted by atomic mass is 10.2. The fourth-order valence-electron chi connectivity index (χ4n) is 2.24. The van der Waals surface area contributed by atoms with E-state index in [2.05, 4.69) is 10.3 Å². The lowest BCUT2D eigenvalue weighted by Gasteiger charge is -2.20. The topological polar surface area (TPSA) is 63.6 Å². The van der Waals surface area contributed by atoms with E-state index in [0.29, 0.717) is 47.8 Å². The Balaban J connectivity index is 1.74. The van der Waals surface area contributed by atoms with Gasteiger partial charge in [0.15, 0.2) is 11.5 Å². The van der Waals surface area contributed by atoms with Crippen molar-refractivity contribution in [1.29, 1.82) is 0 Å². The molecule has 5 nitrogen and oxygen atoms in total. The van der Waals surface area contributed by atoms with E-state index in [9.17, 15) is 5.11 Å². The molecule has 0 saturated heterocycles. The number of aliphatic hydroxyl groups is 1. The molecule has 2 aromatic rings. The first kappa shape index (κ1) is 14.9. The Bertz CT molecular complexity index is 676. The first-order chi connectivity index (χ1) is 10.6. The fourth-order valence-corrected chi connectivity index (χ4v) is 2.53. The highest BCUT2D eigenvalue weighted by Crippen LogP contribution is 2.38. The highest BCUT2D eigenvalue weighted by atomic mass is 35.5. The molecule has 0 fully saturated rings. The molecule has 2 heterocycles. The second-order valence-electron chi connectivity index (χ2n) is 5.08. The Hall–Kier alpha value is -1.98. The van der Waals surface area contributed by atoms with Crippen molar-refractivity contribution in [2.24, 2.45) is 0 Å². The van der Waals surface area contributed by atoms with Crippen molar-refractivity contribution >= 4 is 17.4 Å². The molecular formula is C16H17ClN2O3. The van der Waals surface area contributed by atoms with Crippen LogP contribution in [0.15, 0.2) is 30.3 Å². The normalized spacial score (nSPS) is 14.5. The molecule has 3 rings (SSSR count). The van der Waals surface area contributed by atoms with Crippen molar-refractivity contribution in [3.63, 3.8) is 0 Å². The molecule has 116 valence electrons. The molecule has 0 bridgehead atoms. The van der Waals surface area contributed by atoms with Crippen LogP contribution >= 0.6 is 11.6 Å². The summed E-state index contributed by atoms with van der Waals surface area (Å²) in [7, 11) is 0. The van der Waals surface area contributed by atoms with E-state index in [0.717, 1.165) is 5.56 Å². The second kappa shape index (κ2) is 6.42. The van der Waals surface area contributed by atoms with Gasteiger partial charge in [-0.25, -0.2) is 4.98 Å². The number of aliphatic hydroxyl groups excluding tert-OH is 1. The van der Waals surface area contributed by atoms with Crippen LogP contribution in [-0.2, 0) is 6.54 Å². The van der Waals surface area contributed by atoms with Gasteiger partial charge in [-0.1, -0.05) is 17.7 Å². The smallest absolute Gasteiger partial charge is 0.179 e. The van der Waals surface area contributed by atoms with Gasteiger partial charge in [0.2, 0.25) is 0 Å². The number of halogens is 1. The summed E-state index contributed by atoms with van der Waals surface area (Å²) in [5.41, 5.74) is 1.60. The Morgan fingerprint density at radius 3 is 2.95 bits per heavy atom. The predicted molar refractivity (Wildman–Crippen MR) is 84.6 cm³/mol. The molecule has 1 atom stereocenters. The van der Waals surface area contributed by atoms with Crippen molar-refractivity contribution in [3.8, 4) is 11.5 Å². The third kappa shape index (κ3) is 3.26. The molecule has 0 aliphatic carbocycles. The van der Waals surface area contributed by atoms with Gasteiger partial charge in [0.05, 0.1) is 16.8 Å². The maximum atomic E-state index is 9.56. The van der Waals surface area contributed by atoms with Gasteiger partial charge in [-0.15, -0.1) is 0 Å². The van der Waals surface area contributed by atoms with Gasteiger partial charge in [0, 0.05) is 6.54 Å². The highest BCUT2D eigenvalue weighted by molar-refractivity contribution is 6.32. The van der Waals surface area contributed by atoms with E-state index in [4.69, 9.17) is 21.1 Å².